The highest BCUT2D eigenvalue weighted by Crippen LogP contribution is 2.24. The molecule has 1 amide bonds. The van der Waals surface area contributed by atoms with E-state index < -0.39 is 15.7 Å². The second kappa shape index (κ2) is 7.96. The van der Waals surface area contributed by atoms with Crippen molar-refractivity contribution in [1.29, 1.82) is 0 Å². The molecule has 0 spiro atoms. The summed E-state index contributed by atoms with van der Waals surface area (Å²) >= 11 is 0. The van der Waals surface area contributed by atoms with Gasteiger partial charge < -0.3 is 14.5 Å². The Morgan fingerprint density at radius 1 is 1.10 bits per heavy atom. The van der Waals surface area contributed by atoms with Gasteiger partial charge in [0.15, 0.2) is 11.3 Å². The molecule has 0 saturated heterocycles. The SMILES string of the molecule is COc1cccc(S(=O)(=O)c2ccc(CNC(=O)c3cc4ccncc4o3)nc2)c1. The van der Waals surface area contributed by atoms with Crippen LogP contribution in [0.2, 0.25) is 0 Å². The molecule has 0 radical (unpaired) electrons. The fourth-order valence-corrected chi connectivity index (χ4v) is 4.07. The highest BCUT2D eigenvalue weighted by molar-refractivity contribution is 7.91. The van der Waals surface area contributed by atoms with Crippen molar-refractivity contribution in [3.8, 4) is 5.75 Å². The molecule has 0 fully saturated rings. The van der Waals surface area contributed by atoms with Gasteiger partial charge in [0.25, 0.3) is 5.91 Å². The normalized spacial score (nSPS) is 11.4. The Bertz CT molecular complexity index is 1280. The summed E-state index contributed by atoms with van der Waals surface area (Å²) < 4.78 is 36.1. The standard InChI is InChI=1S/C21H17N3O5S/c1-28-16-3-2-4-17(10-16)30(26,27)18-6-5-15(23-12-18)11-24-21(25)19-9-14-7-8-22-13-20(14)29-19/h2-10,12-13H,11H2,1H3,(H,24,25). The fourth-order valence-electron chi connectivity index (χ4n) is 2.83. The van der Waals surface area contributed by atoms with Crippen LogP contribution in [0, 0.1) is 0 Å². The maximum atomic E-state index is 12.8. The van der Waals surface area contributed by atoms with Gasteiger partial charge in [-0.3, -0.25) is 14.8 Å². The number of ether oxygens (including phenoxy) is 1. The van der Waals surface area contributed by atoms with Crippen molar-refractivity contribution in [2.75, 3.05) is 7.11 Å². The molecule has 1 N–H and O–H groups in total. The fraction of sp³-hybridized carbons (Fsp3) is 0.0952. The lowest BCUT2D eigenvalue weighted by atomic mass is 10.3. The number of fused-ring (bicyclic) bond motifs is 1. The van der Waals surface area contributed by atoms with E-state index >= 15 is 0 Å². The first-order chi connectivity index (χ1) is 14.5. The number of benzene rings is 1. The summed E-state index contributed by atoms with van der Waals surface area (Å²) in [5.74, 6) is 0.209. The molecule has 30 heavy (non-hydrogen) atoms. The van der Waals surface area contributed by atoms with Crippen LogP contribution in [0.25, 0.3) is 11.0 Å². The Hall–Kier alpha value is -3.72. The van der Waals surface area contributed by atoms with E-state index in [9.17, 15) is 13.2 Å². The Morgan fingerprint density at radius 2 is 1.97 bits per heavy atom. The quantitative estimate of drug-likeness (QED) is 0.507. The van der Waals surface area contributed by atoms with Gasteiger partial charge in [-0.15, -0.1) is 0 Å². The van der Waals surface area contributed by atoms with Gasteiger partial charge in [0, 0.05) is 17.8 Å². The van der Waals surface area contributed by atoms with Crippen LogP contribution in [-0.4, -0.2) is 31.4 Å². The minimum atomic E-state index is -3.73. The van der Waals surface area contributed by atoms with Crippen LogP contribution in [0.15, 0.2) is 81.3 Å². The van der Waals surface area contributed by atoms with Crippen LogP contribution < -0.4 is 10.1 Å². The van der Waals surface area contributed by atoms with Crippen LogP contribution in [-0.2, 0) is 16.4 Å². The van der Waals surface area contributed by atoms with Gasteiger partial charge in [-0.1, -0.05) is 6.07 Å². The number of hydrogen-bond donors (Lipinski definition) is 1. The van der Waals surface area contributed by atoms with Gasteiger partial charge in [0.2, 0.25) is 9.84 Å². The lowest BCUT2D eigenvalue weighted by Crippen LogP contribution is -2.22. The molecule has 0 saturated carbocycles. The van der Waals surface area contributed by atoms with E-state index in [-0.39, 0.29) is 22.1 Å². The molecule has 0 aliphatic carbocycles. The third kappa shape index (κ3) is 3.87. The summed E-state index contributed by atoms with van der Waals surface area (Å²) in [6.07, 6.45) is 4.42. The number of amides is 1. The Morgan fingerprint density at radius 3 is 2.70 bits per heavy atom. The summed E-state index contributed by atoms with van der Waals surface area (Å²) in [5, 5.41) is 3.48. The largest absolute Gasteiger partial charge is 0.497 e. The van der Waals surface area contributed by atoms with Crippen molar-refractivity contribution in [3.05, 3.63) is 78.6 Å². The molecule has 0 atom stereocenters. The lowest BCUT2D eigenvalue weighted by molar-refractivity contribution is 0.0925. The molecule has 4 rings (SSSR count). The lowest BCUT2D eigenvalue weighted by Gasteiger charge is -2.07. The molecule has 152 valence electrons. The average molecular weight is 423 g/mol. The van der Waals surface area contributed by atoms with E-state index in [2.05, 4.69) is 15.3 Å². The third-order valence-electron chi connectivity index (χ3n) is 4.44. The molecule has 4 aromatic rings. The minimum absolute atomic E-state index is 0.0515. The van der Waals surface area contributed by atoms with Gasteiger partial charge in [-0.25, -0.2) is 8.42 Å². The van der Waals surface area contributed by atoms with E-state index in [1.54, 1.807) is 36.5 Å². The molecule has 0 unspecified atom stereocenters. The number of hydrogen-bond acceptors (Lipinski definition) is 7. The number of aromatic nitrogens is 2. The van der Waals surface area contributed by atoms with Crippen molar-refractivity contribution in [3.63, 3.8) is 0 Å². The Labute approximate surface area is 172 Å². The van der Waals surface area contributed by atoms with E-state index in [0.717, 1.165) is 5.39 Å². The van der Waals surface area contributed by atoms with Crippen molar-refractivity contribution in [2.24, 2.45) is 0 Å². The van der Waals surface area contributed by atoms with Crippen molar-refractivity contribution < 1.29 is 22.4 Å². The molecule has 1 aromatic carbocycles. The number of nitrogens with zero attached hydrogens (tertiary/aromatic N) is 2. The zero-order chi connectivity index (χ0) is 21.1. The van der Waals surface area contributed by atoms with Crippen LogP contribution >= 0.6 is 0 Å². The molecule has 0 bridgehead atoms. The number of nitrogens with one attached hydrogen (secondary N) is 1. The Kier molecular flexibility index (Phi) is 5.20. The molecule has 8 nitrogen and oxygen atoms in total. The molecule has 3 aromatic heterocycles. The monoisotopic (exact) mass is 423 g/mol. The van der Waals surface area contributed by atoms with E-state index in [1.165, 1.54) is 37.7 Å². The first-order valence-corrected chi connectivity index (χ1v) is 10.4. The molecular weight excluding hydrogens is 406 g/mol. The zero-order valence-corrected chi connectivity index (χ0v) is 16.7. The number of sulfone groups is 1. The van der Waals surface area contributed by atoms with Crippen LogP contribution in [0.5, 0.6) is 5.75 Å². The van der Waals surface area contributed by atoms with Crippen molar-refractivity contribution in [2.45, 2.75) is 16.3 Å². The summed E-state index contributed by atoms with van der Waals surface area (Å²) in [6.45, 7) is 0.119. The molecule has 9 heteroatoms. The molecular formula is C21H17N3O5S. The highest BCUT2D eigenvalue weighted by atomic mass is 32.2. The summed E-state index contributed by atoms with van der Waals surface area (Å²) in [6, 6.07) is 12.6. The molecule has 0 aliphatic rings. The second-order valence-electron chi connectivity index (χ2n) is 6.37. The minimum Gasteiger partial charge on any atom is -0.497 e. The number of methoxy groups -OCH3 is 1. The zero-order valence-electron chi connectivity index (χ0n) is 15.9. The number of rotatable bonds is 6. The molecule has 0 aliphatic heterocycles. The number of pyridine rings is 2. The van der Waals surface area contributed by atoms with Crippen molar-refractivity contribution in [1.82, 2.24) is 15.3 Å². The van der Waals surface area contributed by atoms with Gasteiger partial charge in [-0.05, 0) is 42.5 Å². The topological polar surface area (TPSA) is 111 Å². The number of carbonyl (C=O) groups is 1. The molecule has 3 heterocycles. The van der Waals surface area contributed by atoms with Gasteiger partial charge in [-0.2, -0.15) is 0 Å². The van der Waals surface area contributed by atoms with Crippen LogP contribution in [0.4, 0.5) is 0 Å². The van der Waals surface area contributed by atoms with Gasteiger partial charge in [0.1, 0.15) is 5.75 Å². The summed E-state index contributed by atoms with van der Waals surface area (Å²) in [4.78, 5) is 20.6. The van der Waals surface area contributed by atoms with Crippen LogP contribution in [0.1, 0.15) is 16.2 Å². The van der Waals surface area contributed by atoms with E-state index in [4.69, 9.17) is 9.15 Å². The average Bonchev–Trinajstić information content (AvgIpc) is 3.22. The number of furan rings is 1. The Balaban J connectivity index is 1.46. The van der Waals surface area contributed by atoms with Gasteiger partial charge in [0.05, 0.1) is 35.3 Å². The first kappa shape index (κ1) is 19.6. The van der Waals surface area contributed by atoms with Crippen LogP contribution in [0.3, 0.4) is 0 Å². The highest BCUT2D eigenvalue weighted by Gasteiger charge is 2.19. The third-order valence-corrected chi connectivity index (χ3v) is 6.17. The van der Waals surface area contributed by atoms with Crippen molar-refractivity contribution >= 4 is 26.7 Å². The first-order valence-electron chi connectivity index (χ1n) is 8.93. The van der Waals surface area contributed by atoms with Gasteiger partial charge >= 0.3 is 0 Å². The summed E-state index contributed by atoms with van der Waals surface area (Å²) in [7, 11) is -2.26. The summed E-state index contributed by atoms with van der Waals surface area (Å²) in [5.41, 5.74) is 1.03. The maximum absolute atomic E-state index is 12.8. The van der Waals surface area contributed by atoms with E-state index in [1.807, 2.05) is 0 Å². The maximum Gasteiger partial charge on any atom is 0.287 e. The second-order valence-corrected chi connectivity index (χ2v) is 8.32. The predicted molar refractivity (Wildman–Crippen MR) is 108 cm³/mol. The smallest absolute Gasteiger partial charge is 0.287 e. The number of carbonyl (C=O) groups excluding carboxylic acids is 1. The predicted octanol–water partition coefficient (Wildman–Crippen LogP) is 2.99. The van der Waals surface area contributed by atoms with E-state index in [0.29, 0.717) is 17.0 Å².